The fourth-order valence-electron chi connectivity index (χ4n) is 2.11. The molecule has 0 unspecified atom stereocenters. The predicted octanol–water partition coefficient (Wildman–Crippen LogP) is 2.58. The van der Waals surface area contributed by atoms with Gasteiger partial charge in [0.25, 0.3) is 0 Å². The third-order valence-electron chi connectivity index (χ3n) is 3.44. The van der Waals surface area contributed by atoms with Crippen molar-refractivity contribution in [3.63, 3.8) is 0 Å². The lowest BCUT2D eigenvalue weighted by atomic mass is 10.2. The quantitative estimate of drug-likeness (QED) is 0.757. The van der Waals surface area contributed by atoms with Gasteiger partial charge in [0, 0.05) is 32.9 Å². The van der Waals surface area contributed by atoms with E-state index in [0.717, 1.165) is 16.9 Å². The Hall–Kier alpha value is -3.02. The van der Waals surface area contributed by atoms with Crippen molar-refractivity contribution in [1.29, 1.82) is 0 Å². The highest BCUT2D eigenvalue weighted by Crippen LogP contribution is 2.27. The summed E-state index contributed by atoms with van der Waals surface area (Å²) in [6.07, 6.45) is 4.86. The van der Waals surface area contributed by atoms with Crippen LogP contribution in [0.3, 0.4) is 0 Å². The lowest BCUT2D eigenvalue weighted by Gasteiger charge is -2.11. The summed E-state index contributed by atoms with van der Waals surface area (Å²) in [4.78, 5) is 18.2. The van der Waals surface area contributed by atoms with Crippen LogP contribution in [0, 0.1) is 0 Å². The number of anilines is 1. The van der Waals surface area contributed by atoms with E-state index in [2.05, 4.69) is 10.3 Å². The number of amides is 1. The molecule has 0 spiro atoms. The Bertz CT molecular complexity index is 740. The minimum atomic E-state index is -0.206. The van der Waals surface area contributed by atoms with E-state index in [-0.39, 0.29) is 11.7 Å². The molecule has 2 rings (SSSR count). The van der Waals surface area contributed by atoms with Crippen molar-refractivity contribution in [3.05, 3.63) is 53.7 Å². The third-order valence-corrected chi connectivity index (χ3v) is 3.44. The number of pyridine rings is 1. The van der Waals surface area contributed by atoms with Crippen molar-refractivity contribution >= 4 is 17.8 Å². The number of ether oxygens (including phenoxy) is 1. The molecular formula is C19H23N3O3. The molecule has 1 aromatic carbocycles. The molecule has 0 fully saturated rings. The molecule has 0 radical (unpaired) electrons. The van der Waals surface area contributed by atoms with Gasteiger partial charge in [-0.3, -0.25) is 4.79 Å². The Morgan fingerprint density at radius 1 is 1.32 bits per heavy atom. The number of phenols is 1. The summed E-state index contributed by atoms with van der Waals surface area (Å²) in [7, 11) is 3.85. The summed E-state index contributed by atoms with van der Waals surface area (Å²) in [6, 6.07) is 8.78. The maximum Gasteiger partial charge on any atom is 0.244 e. The van der Waals surface area contributed by atoms with E-state index < -0.39 is 0 Å². The van der Waals surface area contributed by atoms with Crippen LogP contribution in [-0.4, -0.2) is 36.7 Å². The molecule has 2 aromatic rings. The predicted molar refractivity (Wildman–Crippen MR) is 98.7 cm³/mol. The highest BCUT2D eigenvalue weighted by molar-refractivity contribution is 5.91. The lowest BCUT2D eigenvalue weighted by Crippen LogP contribution is -2.20. The highest BCUT2D eigenvalue weighted by atomic mass is 16.5. The van der Waals surface area contributed by atoms with E-state index >= 15 is 0 Å². The van der Waals surface area contributed by atoms with E-state index in [9.17, 15) is 9.90 Å². The van der Waals surface area contributed by atoms with Gasteiger partial charge in [-0.25, -0.2) is 4.98 Å². The minimum Gasteiger partial charge on any atom is -0.504 e. The smallest absolute Gasteiger partial charge is 0.244 e. The summed E-state index contributed by atoms with van der Waals surface area (Å²) in [5, 5.41) is 12.5. The fraction of sp³-hybridized carbons (Fsp3) is 0.263. The van der Waals surface area contributed by atoms with E-state index in [0.29, 0.717) is 18.9 Å². The number of nitrogens with one attached hydrogen (secondary N) is 1. The Morgan fingerprint density at radius 2 is 2.12 bits per heavy atom. The van der Waals surface area contributed by atoms with Crippen LogP contribution in [0.15, 0.2) is 42.6 Å². The molecule has 0 bridgehead atoms. The van der Waals surface area contributed by atoms with Crippen molar-refractivity contribution in [1.82, 2.24) is 10.3 Å². The molecular weight excluding hydrogens is 318 g/mol. The number of carbonyl (C=O) groups excluding carboxylic acids is 1. The topological polar surface area (TPSA) is 74.7 Å². The second-order valence-electron chi connectivity index (χ2n) is 5.63. The van der Waals surface area contributed by atoms with Gasteiger partial charge in [-0.2, -0.15) is 0 Å². The molecule has 6 nitrogen and oxygen atoms in total. The second-order valence-corrected chi connectivity index (χ2v) is 5.63. The third kappa shape index (κ3) is 5.53. The lowest BCUT2D eigenvalue weighted by molar-refractivity contribution is -0.116. The van der Waals surface area contributed by atoms with Crippen molar-refractivity contribution in [2.75, 3.05) is 25.6 Å². The maximum atomic E-state index is 11.9. The Labute approximate surface area is 147 Å². The molecule has 0 saturated carbocycles. The van der Waals surface area contributed by atoms with Crippen LogP contribution < -0.4 is 15.0 Å². The van der Waals surface area contributed by atoms with Crippen LogP contribution in [0.25, 0.3) is 6.08 Å². The van der Waals surface area contributed by atoms with Gasteiger partial charge in [0.1, 0.15) is 5.82 Å². The average Bonchev–Trinajstić information content (AvgIpc) is 2.61. The molecule has 6 heteroatoms. The van der Waals surface area contributed by atoms with Crippen LogP contribution in [0.5, 0.6) is 11.5 Å². The monoisotopic (exact) mass is 341 g/mol. The number of aromatic nitrogens is 1. The first kappa shape index (κ1) is 18.3. The maximum absolute atomic E-state index is 11.9. The van der Waals surface area contributed by atoms with Crippen LogP contribution in [0.4, 0.5) is 5.82 Å². The summed E-state index contributed by atoms with van der Waals surface area (Å²) < 4.78 is 5.32. The van der Waals surface area contributed by atoms with Crippen molar-refractivity contribution < 1.29 is 14.6 Å². The fourth-order valence-corrected chi connectivity index (χ4v) is 2.11. The minimum absolute atomic E-state index is 0.0807. The molecule has 0 saturated heterocycles. The number of rotatable bonds is 7. The molecule has 1 heterocycles. The summed E-state index contributed by atoms with van der Waals surface area (Å²) >= 11 is 0. The van der Waals surface area contributed by atoms with Gasteiger partial charge in [-0.15, -0.1) is 0 Å². The van der Waals surface area contributed by atoms with Crippen LogP contribution in [0.1, 0.15) is 18.1 Å². The Kier molecular flexibility index (Phi) is 6.39. The molecule has 2 N–H and O–H groups in total. The number of carbonyl (C=O) groups is 1. The van der Waals surface area contributed by atoms with E-state index in [1.165, 1.54) is 6.08 Å². The summed E-state index contributed by atoms with van der Waals surface area (Å²) in [6.45, 7) is 2.71. The van der Waals surface area contributed by atoms with Crippen molar-refractivity contribution in [2.45, 2.75) is 13.5 Å². The van der Waals surface area contributed by atoms with Gasteiger partial charge in [0.15, 0.2) is 11.5 Å². The summed E-state index contributed by atoms with van der Waals surface area (Å²) in [5.74, 6) is 1.14. The number of nitrogens with zero attached hydrogens (tertiary/aromatic N) is 2. The SMILES string of the molecule is CCOc1cc(/C=C/C(=O)NCc2ccc(N(C)C)nc2)ccc1O. The number of phenolic OH excluding ortho intramolecular Hbond substituents is 1. The first-order valence-corrected chi connectivity index (χ1v) is 8.03. The van der Waals surface area contributed by atoms with Crippen LogP contribution in [-0.2, 0) is 11.3 Å². The van der Waals surface area contributed by atoms with E-state index in [1.807, 2.05) is 38.1 Å². The zero-order valence-corrected chi connectivity index (χ0v) is 14.7. The van der Waals surface area contributed by atoms with Gasteiger partial charge in [0.2, 0.25) is 5.91 Å². The molecule has 1 aromatic heterocycles. The molecule has 0 aliphatic heterocycles. The van der Waals surface area contributed by atoms with E-state index in [1.54, 1.807) is 30.5 Å². The zero-order chi connectivity index (χ0) is 18.2. The van der Waals surface area contributed by atoms with Crippen LogP contribution >= 0.6 is 0 Å². The average molecular weight is 341 g/mol. The number of aromatic hydroxyl groups is 1. The molecule has 0 aliphatic rings. The first-order chi connectivity index (χ1) is 12.0. The zero-order valence-electron chi connectivity index (χ0n) is 14.7. The van der Waals surface area contributed by atoms with Gasteiger partial charge in [-0.1, -0.05) is 12.1 Å². The Balaban J connectivity index is 1.91. The van der Waals surface area contributed by atoms with Gasteiger partial charge >= 0.3 is 0 Å². The van der Waals surface area contributed by atoms with Gasteiger partial charge < -0.3 is 20.1 Å². The van der Waals surface area contributed by atoms with Crippen molar-refractivity contribution in [3.8, 4) is 11.5 Å². The summed E-state index contributed by atoms with van der Waals surface area (Å²) in [5.41, 5.74) is 1.70. The first-order valence-electron chi connectivity index (χ1n) is 8.03. The van der Waals surface area contributed by atoms with Gasteiger partial charge in [-0.05, 0) is 42.3 Å². The van der Waals surface area contributed by atoms with Crippen molar-refractivity contribution in [2.24, 2.45) is 0 Å². The number of hydrogen-bond donors (Lipinski definition) is 2. The second kappa shape index (κ2) is 8.73. The standard InChI is InChI=1S/C19H23N3O3/c1-4-25-17-11-14(5-8-16(17)23)7-10-19(24)21-13-15-6-9-18(20-12-15)22(2)3/h5-12,23H,4,13H2,1-3H3,(H,21,24)/b10-7+. The Morgan fingerprint density at radius 3 is 2.76 bits per heavy atom. The van der Waals surface area contributed by atoms with Crippen LogP contribution in [0.2, 0.25) is 0 Å². The molecule has 132 valence electrons. The molecule has 0 atom stereocenters. The van der Waals surface area contributed by atoms with Gasteiger partial charge in [0.05, 0.1) is 6.61 Å². The molecule has 0 aliphatic carbocycles. The number of benzene rings is 1. The highest BCUT2D eigenvalue weighted by Gasteiger charge is 2.03. The molecule has 1 amide bonds. The normalized spacial score (nSPS) is 10.7. The van der Waals surface area contributed by atoms with E-state index in [4.69, 9.17) is 4.74 Å². The molecule has 25 heavy (non-hydrogen) atoms. The largest absolute Gasteiger partial charge is 0.504 e. The number of hydrogen-bond acceptors (Lipinski definition) is 5.